The number of benzene rings is 1. The molecule has 0 amide bonds. The fourth-order valence-electron chi connectivity index (χ4n) is 2.75. The Hall–Kier alpha value is -2.13. The molecule has 0 unspecified atom stereocenters. The third-order valence-corrected chi connectivity index (χ3v) is 3.86. The Labute approximate surface area is 119 Å². The standard InChI is InChI=1S/C17H19N3/c1-11-4-5-16(12(2)6-11)17-8-15-7-14(9-18)19-10-20(15)13(17)3/h4-8,10H,9,18H2,1-3H3. The Morgan fingerprint density at radius 2 is 1.85 bits per heavy atom. The predicted octanol–water partition coefficient (Wildman–Crippen LogP) is 3.39. The average molecular weight is 265 g/mol. The van der Waals surface area contributed by atoms with Crippen molar-refractivity contribution in [3.63, 3.8) is 0 Å². The highest BCUT2D eigenvalue weighted by Gasteiger charge is 2.11. The van der Waals surface area contributed by atoms with Crippen LogP contribution in [0, 0.1) is 20.8 Å². The van der Waals surface area contributed by atoms with E-state index >= 15 is 0 Å². The van der Waals surface area contributed by atoms with Crippen LogP contribution < -0.4 is 5.73 Å². The second kappa shape index (κ2) is 4.76. The van der Waals surface area contributed by atoms with E-state index in [9.17, 15) is 0 Å². The summed E-state index contributed by atoms with van der Waals surface area (Å²) in [5, 5.41) is 0. The summed E-state index contributed by atoms with van der Waals surface area (Å²) in [6.07, 6.45) is 1.86. The fourth-order valence-corrected chi connectivity index (χ4v) is 2.75. The quantitative estimate of drug-likeness (QED) is 0.772. The largest absolute Gasteiger partial charge is 0.325 e. The molecule has 2 N–H and O–H groups in total. The van der Waals surface area contributed by atoms with E-state index in [0.29, 0.717) is 6.54 Å². The lowest BCUT2D eigenvalue weighted by Crippen LogP contribution is -2.01. The van der Waals surface area contributed by atoms with Gasteiger partial charge in [0.15, 0.2) is 0 Å². The van der Waals surface area contributed by atoms with E-state index in [0.717, 1.165) is 11.2 Å². The van der Waals surface area contributed by atoms with Crippen LogP contribution in [0.3, 0.4) is 0 Å². The first kappa shape index (κ1) is 12.9. The lowest BCUT2D eigenvalue weighted by molar-refractivity contribution is 0.941. The van der Waals surface area contributed by atoms with Crippen LogP contribution in [0.25, 0.3) is 16.6 Å². The maximum atomic E-state index is 5.67. The summed E-state index contributed by atoms with van der Waals surface area (Å²) < 4.78 is 2.12. The van der Waals surface area contributed by atoms with Crippen LogP contribution in [-0.4, -0.2) is 9.38 Å². The molecule has 0 aliphatic carbocycles. The van der Waals surface area contributed by atoms with Gasteiger partial charge < -0.3 is 10.1 Å². The minimum atomic E-state index is 0.472. The molecule has 0 fully saturated rings. The van der Waals surface area contributed by atoms with Crippen molar-refractivity contribution >= 4 is 5.52 Å². The van der Waals surface area contributed by atoms with E-state index in [2.05, 4.69) is 60.5 Å². The zero-order chi connectivity index (χ0) is 14.3. The highest BCUT2D eigenvalue weighted by Crippen LogP contribution is 2.30. The molecule has 2 aromatic heterocycles. The van der Waals surface area contributed by atoms with E-state index in [-0.39, 0.29) is 0 Å². The number of nitrogens with zero attached hydrogens (tertiary/aromatic N) is 2. The van der Waals surface area contributed by atoms with E-state index in [1.54, 1.807) is 0 Å². The van der Waals surface area contributed by atoms with Crippen molar-refractivity contribution in [2.45, 2.75) is 27.3 Å². The van der Waals surface area contributed by atoms with Crippen LogP contribution in [-0.2, 0) is 6.54 Å². The van der Waals surface area contributed by atoms with Gasteiger partial charge in [-0.3, -0.25) is 0 Å². The van der Waals surface area contributed by atoms with Gasteiger partial charge >= 0.3 is 0 Å². The van der Waals surface area contributed by atoms with Crippen LogP contribution in [0.15, 0.2) is 36.7 Å². The van der Waals surface area contributed by atoms with E-state index in [4.69, 9.17) is 5.73 Å². The molecule has 0 saturated carbocycles. The molecule has 1 aromatic carbocycles. The summed E-state index contributed by atoms with van der Waals surface area (Å²) in [6, 6.07) is 10.9. The van der Waals surface area contributed by atoms with Crippen molar-refractivity contribution in [3.05, 3.63) is 59.2 Å². The van der Waals surface area contributed by atoms with Crippen molar-refractivity contribution in [1.29, 1.82) is 0 Å². The zero-order valence-corrected chi connectivity index (χ0v) is 12.1. The third kappa shape index (κ3) is 2.00. The summed E-state index contributed by atoms with van der Waals surface area (Å²) in [5.74, 6) is 0. The molecule has 3 nitrogen and oxygen atoms in total. The molecule has 3 aromatic rings. The first-order chi connectivity index (χ1) is 9.60. The smallest absolute Gasteiger partial charge is 0.0996 e. The van der Waals surface area contributed by atoms with Gasteiger partial charge in [0.05, 0.1) is 12.0 Å². The number of hydrogen-bond donors (Lipinski definition) is 1. The normalized spacial score (nSPS) is 11.2. The molecule has 0 aliphatic rings. The van der Waals surface area contributed by atoms with Gasteiger partial charge in [-0.15, -0.1) is 0 Å². The topological polar surface area (TPSA) is 43.3 Å². The zero-order valence-electron chi connectivity index (χ0n) is 12.1. The van der Waals surface area contributed by atoms with Gasteiger partial charge in [0.2, 0.25) is 0 Å². The Kier molecular flexibility index (Phi) is 3.07. The molecule has 0 aliphatic heterocycles. The molecule has 0 bridgehead atoms. The Morgan fingerprint density at radius 1 is 1.05 bits per heavy atom. The summed E-state index contributed by atoms with van der Waals surface area (Å²) >= 11 is 0. The Balaban J connectivity index is 2.23. The molecule has 2 heterocycles. The first-order valence-electron chi connectivity index (χ1n) is 6.84. The predicted molar refractivity (Wildman–Crippen MR) is 82.7 cm³/mol. The van der Waals surface area contributed by atoms with Crippen LogP contribution in [0.4, 0.5) is 0 Å². The average Bonchev–Trinajstić information content (AvgIpc) is 2.75. The lowest BCUT2D eigenvalue weighted by Gasteiger charge is -2.06. The molecule has 3 heteroatoms. The lowest BCUT2D eigenvalue weighted by atomic mass is 9.99. The number of rotatable bonds is 2. The highest BCUT2D eigenvalue weighted by molar-refractivity contribution is 5.76. The third-order valence-electron chi connectivity index (χ3n) is 3.86. The SMILES string of the molecule is Cc1ccc(-c2cc3cc(CN)ncn3c2C)c(C)c1. The number of hydrogen-bond acceptors (Lipinski definition) is 2. The van der Waals surface area contributed by atoms with Gasteiger partial charge in [0.25, 0.3) is 0 Å². The minimum absolute atomic E-state index is 0.472. The summed E-state index contributed by atoms with van der Waals surface area (Å²) in [7, 11) is 0. The second-order valence-electron chi connectivity index (χ2n) is 5.34. The monoisotopic (exact) mass is 265 g/mol. The molecular weight excluding hydrogens is 246 g/mol. The van der Waals surface area contributed by atoms with Crippen molar-refractivity contribution in [2.75, 3.05) is 0 Å². The first-order valence-corrected chi connectivity index (χ1v) is 6.84. The molecule has 20 heavy (non-hydrogen) atoms. The van der Waals surface area contributed by atoms with Crippen LogP contribution >= 0.6 is 0 Å². The Bertz CT molecular complexity index is 784. The Morgan fingerprint density at radius 3 is 2.55 bits per heavy atom. The number of aryl methyl sites for hydroxylation is 3. The summed E-state index contributed by atoms with van der Waals surface area (Å²) in [5.41, 5.74) is 14.1. The highest BCUT2D eigenvalue weighted by atomic mass is 15.0. The van der Waals surface area contributed by atoms with Crippen LogP contribution in [0.2, 0.25) is 0 Å². The van der Waals surface area contributed by atoms with Gasteiger partial charge in [-0.05, 0) is 44.0 Å². The van der Waals surface area contributed by atoms with Crippen molar-refractivity contribution in [3.8, 4) is 11.1 Å². The van der Waals surface area contributed by atoms with E-state index in [1.807, 2.05) is 6.33 Å². The maximum absolute atomic E-state index is 5.67. The van der Waals surface area contributed by atoms with Crippen molar-refractivity contribution in [2.24, 2.45) is 5.73 Å². The molecular formula is C17H19N3. The molecule has 0 atom stereocenters. The number of nitrogens with two attached hydrogens (primary N) is 1. The number of aromatic nitrogens is 2. The molecule has 0 radical (unpaired) electrons. The number of fused-ring (bicyclic) bond motifs is 1. The summed E-state index contributed by atoms with van der Waals surface area (Å²) in [6.45, 7) is 6.88. The maximum Gasteiger partial charge on any atom is 0.0996 e. The molecule has 0 saturated heterocycles. The van der Waals surface area contributed by atoms with Gasteiger partial charge in [0.1, 0.15) is 0 Å². The fraction of sp³-hybridized carbons (Fsp3) is 0.235. The van der Waals surface area contributed by atoms with E-state index < -0.39 is 0 Å². The molecule has 102 valence electrons. The van der Waals surface area contributed by atoms with Gasteiger partial charge in [0, 0.05) is 23.3 Å². The van der Waals surface area contributed by atoms with E-state index in [1.165, 1.54) is 27.9 Å². The van der Waals surface area contributed by atoms with Gasteiger partial charge in [-0.25, -0.2) is 4.98 Å². The molecule has 3 rings (SSSR count). The van der Waals surface area contributed by atoms with Crippen LogP contribution in [0.1, 0.15) is 22.5 Å². The minimum Gasteiger partial charge on any atom is -0.325 e. The second-order valence-corrected chi connectivity index (χ2v) is 5.34. The van der Waals surface area contributed by atoms with Gasteiger partial charge in [-0.2, -0.15) is 0 Å². The van der Waals surface area contributed by atoms with Crippen molar-refractivity contribution in [1.82, 2.24) is 9.38 Å². The van der Waals surface area contributed by atoms with Crippen LogP contribution in [0.5, 0.6) is 0 Å². The van der Waals surface area contributed by atoms with Gasteiger partial charge in [-0.1, -0.05) is 23.8 Å². The van der Waals surface area contributed by atoms with Crippen molar-refractivity contribution < 1.29 is 0 Å². The molecule has 0 spiro atoms. The summed E-state index contributed by atoms with van der Waals surface area (Å²) in [4.78, 5) is 4.37.